The number of hydrogen-bond donors (Lipinski definition) is 0. The molecule has 0 fully saturated rings. The van der Waals surface area contributed by atoms with Crippen LogP contribution in [0.5, 0.6) is 5.75 Å². The van der Waals surface area contributed by atoms with E-state index in [0.717, 1.165) is 14.3 Å². The van der Waals surface area contributed by atoms with E-state index in [1.807, 2.05) is 57.2 Å². The minimum atomic E-state index is -0.696. The van der Waals surface area contributed by atoms with Crippen LogP contribution in [-0.4, -0.2) is 10.8 Å². The van der Waals surface area contributed by atoms with Gasteiger partial charge in [-0.25, -0.2) is 0 Å². The van der Waals surface area contributed by atoms with Crippen LogP contribution in [0, 0.1) is 5.41 Å². The Morgan fingerprint density at radius 1 is 1.17 bits per heavy atom. The molecule has 2 aromatic carbocycles. The topological polar surface area (TPSA) is 26.3 Å². The molecule has 2 rings (SSSR count). The van der Waals surface area contributed by atoms with Gasteiger partial charge in [0.05, 0.1) is 5.02 Å². The van der Waals surface area contributed by atoms with Gasteiger partial charge in [0.25, 0.3) is 0 Å². The molecule has 0 saturated carbocycles. The maximum atomic E-state index is 12.2. The van der Waals surface area contributed by atoms with Gasteiger partial charge in [-0.2, -0.15) is 0 Å². The van der Waals surface area contributed by atoms with Gasteiger partial charge in [-0.05, 0) is 58.4 Å². The zero-order valence-electron chi connectivity index (χ0n) is 13.5. The van der Waals surface area contributed by atoms with Crippen molar-refractivity contribution in [3.05, 3.63) is 52.0 Å². The maximum Gasteiger partial charge on any atom is 0.211 e. The number of benzene rings is 2. The Bertz CT molecular complexity index is 727. The molecule has 0 spiro atoms. The molecule has 24 heavy (non-hydrogen) atoms. The number of alkyl halides is 1. The minimum Gasteiger partial charge on any atom is -0.471 e. The summed E-state index contributed by atoms with van der Waals surface area (Å²) in [5.41, 5.74) is -0.477. The number of rotatable bonds is 5. The lowest BCUT2D eigenvalue weighted by atomic mass is 9.91. The monoisotopic (exact) mass is 490 g/mol. The highest BCUT2D eigenvalue weighted by Gasteiger charge is 2.29. The Kier molecular flexibility index (Phi) is 6.82. The fourth-order valence-electron chi connectivity index (χ4n) is 1.78. The third kappa shape index (κ3) is 5.51. The van der Waals surface area contributed by atoms with Gasteiger partial charge >= 0.3 is 0 Å². The van der Waals surface area contributed by atoms with Crippen LogP contribution in [0.2, 0.25) is 5.02 Å². The lowest BCUT2D eigenvalue weighted by Crippen LogP contribution is -2.32. The molecule has 0 N–H and O–H groups in total. The summed E-state index contributed by atoms with van der Waals surface area (Å²) in [5, 5.41) is -0.109. The molecule has 0 bridgehead atoms. The van der Waals surface area contributed by atoms with Gasteiger partial charge in [-0.1, -0.05) is 60.1 Å². The molecule has 2 nitrogen and oxygen atoms in total. The lowest BCUT2D eigenvalue weighted by Gasteiger charge is -2.21. The highest BCUT2D eigenvalue weighted by molar-refractivity contribution is 9.10. The first kappa shape index (κ1) is 19.8. The number of halogens is 3. The van der Waals surface area contributed by atoms with Crippen molar-refractivity contribution in [3.63, 3.8) is 0 Å². The molecule has 0 aliphatic heterocycles. The number of carbonyl (C=O) groups is 1. The van der Waals surface area contributed by atoms with E-state index in [4.69, 9.17) is 16.3 Å². The highest BCUT2D eigenvalue weighted by atomic mass is 79.9. The third-order valence-corrected chi connectivity index (χ3v) is 5.77. The van der Waals surface area contributed by atoms with Crippen molar-refractivity contribution >= 4 is 61.0 Å². The molecule has 0 radical (unpaired) electrons. The fraction of sp³-hybridized carbons (Fsp3) is 0.278. The van der Waals surface area contributed by atoms with Crippen molar-refractivity contribution in [1.29, 1.82) is 0 Å². The van der Waals surface area contributed by atoms with Gasteiger partial charge in [-0.3, -0.25) is 4.79 Å². The lowest BCUT2D eigenvalue weighted by molar-refractivity contribution is -0.129. The van der Waals surface area contributed by atoms with Gasteiger partial charge in [-0.15, -0.1) is 0 Å². The first-order chi connectivity index (χ1) is 11.2. The molecule has 1 unspecified atom stereocenters. The van der Waals surface area contributed by atoms with Gasteiger partial charge in [0.15, 0.2) is 5.78 Å². The van der Waals surface area contributed by atoms with E-state index in [0.29, 0.717) is 10.8 Å². The Balaban J connectivity index is 2.09. The van der Waals surface area contributed by atoms with E-state index in [1.54, 1.807) is 17.8 Å². The first-order valence-electron chi connectivity index (χ1n) is 7.25. The summed E-state index contributed by atoms with van der Waals surface area (Å²) in [4.78, 5) is 14.2. The summed E-state index contributed by atoms with van der Waals surface area (Å²) in [6.45, 7) is 5.58. The molecule has 0 aliphatic carbocycles. The quantitative estimate of drug-likeness (QED) is 0.422. The number of ketones is 1. The van der Waals surface area contributed by atoms with Crippen LogP contribution in [0.1, 0.15) is 20.8 Å². The van der Waals surface area contributed by atoms with E-state index in [1.165, 1.54) is 0 Å². The van der Waals surface area contributed by atoms with Crippen LogP contribution < -0.4 is 4.74 Å². The molecule has 0 saturated heterocycles. The average Bonchev–Trinajstić information content (AvgIpc) is 2.50. The Morgan fingerprint density at radius 3 is 2.33 bits per heavy atom. The zero-order chi connectivity index (χ0) is 17.9. The maximum absolute atomic E-state index is 12.2. The molecule has 0 aromatic heterocycles. The minimum absolute atomic E-state index is 0.0214. The van der Waals surface area contributed by atoms with Crippen LogP contribution in [0.25, 0.3) is 0 Å². The first-order valence-corrected chi connectivity index (χ1v) is 10.1. The second kappa shape index (κ2) is 8.26. The molecular weight excluding hydrogens is 476 g/mol. The van der Waals surface area contributed by atoms with Gasteiger partial charge in [0.1, 0.15) is 5.75 Å². The molecule has 6 heteroatoms. The molecule has 2 aromatic rings. The summed E-state index contributed by atoms with van der Waals surface area (Å²) in [7, 11) is 0. The number of Topliss-reactive ketones (excluding diaryl/α,β-unsaturated/α-hetero) is 1. The number of ether oxygens (including phenoxy) is 1. The van der Waals surface area contributed by atoms with Crippen LogP contribution in [0.4, 0.5) is 0 Å². The van der Waals surface area contributed by atoms with Gasteiger partial charge in [0, 0.05) is 19.7 Å². The predicted octanol–water partition coefficient (Wildman–Crippen LogP) is 6.97. The smallest absolute Gasteiger partial charge is 0.211 e. The summed E-state index contributed by atoms with van der Waals surface area (Å²) in [6, 6.07) is 13.5. The second-order valence-corrected chi connectivity index (χ2v) is 9.47. The molecule has 0 aliphatic rings. The Hall–Kier alpha value is -0.490. The summed E-state index contributed by atoms with van der Waals surface area (Å²) in [6.07, 6.45) is 0. The average molecular weight is 493 g/mol. The number of hydrogen-bond acceptors (Lipinski definition) is 3. The summed E-state index contributed by atoms with van der Waals surface area (Å²) in [5.74, 6) is 0.534. The van der Waals surface area contributed by atoms with E-state index in [9.17, 15) is 4.79 Å². The molecule has 0 amide bonds. The van der Waals surface area contributed by atoms with Gasteiger partial charge in [0.2, 0.25) is 5.01 Å². The predicted molar refractivity (Wildman–Crippen MR) is 108 cm³/mol. The standard InChI is InChI=1S/C18H17Br2ClO2S/c1-18(2,3)16(22)17(20)23-12-6-9-15(14(21)10-12)24-13-7-4-11(19)5-8-13/h4-10,17H,1-3H3. The molecule has 1 atom stereocenters. The molecule has 0 heterocycles. The summed E-state index contributed by atoms with van der Waals surface area (Å²) >= 11 is 14.6. The van der Waals surface area contributed by atoms with Crippen molar-refractivity contribution in [2.45, 2.75) is 35.6 Å². The fourth-order valence-corrected chi connectivity index (χ4v) is 4.05. The van der Waals surface area contributed by atoms with E-state index >= 15 is 0 Å². The van der Waals surface area contributed by atoms with Crippen LogP contribution in [0.15, 0.2) is 56.7 Å². The SMILES string of the molecule is CC(C)(C)C(=O)C(Br)Oc1ccc(Sc2ccc(Br)cc2)c(Cl)c1. The van der Waals surface area contributed by atoms with Crippen LogP contribution in [-0.2, 0) is 4.79 Å². The number of carbonyl (C=O) groups excluding carboxylic acids is 1. The second-order valence-electron chi connectivity index (χ2n) is 6.20. The third-order valence-electron chi connectivity index (χ3n) is 3.13. The molecule has 128 valence electrons. The zero-order valence-corrected chi connectivity index (χ0v) is 18.2. The van der Waals surface area contributed by atoms with Crippen molar-refractivity contribution in [3.8, 4) is 5.75 Å². The largest absolute Gasteiger partial charge is 0.471 e. The Labute approximate surface area is 168 Å². The molecular formula is C18H17Br2ClO2S. The Morgan fingerprint density at radius 2 is 1.79 bits per heavy atom. The van der Waals surface area contributed by atoms with E-state index < -0.39 is 10.4 Å². The van der Waals surface area contributed by atoms with E-state index in [2.05, 4.69) is 31.9 Å². The van der Waals surface area contributed by atoms with Crippen LogP contribution >= 0.6 is 55.2 Å². The normalized spacial score (nSPS) is 12.8. The van der Waals surface area contributed by atoms with Crippen molar-refractivity contribution < 1.29 is 9.53 Å². The van der Waals surface area contributed by atoms with E-state index in [-0.39, 0.29) is 5.78 Å². The van der Waals surface area contributed by atoms with Crippen molar-refractivity contribution in [2.75, 3.05) is 0 Å². The summed E-state index contributed by atoms with van der Waals surface area (Å²) < 4.78 is 6.71. The van der Waals surface area contributed by atoms with Crippen LogP contribution in [0.3, 0.4) is 0 Å². The highest BCUT2D eigenvalue weighted by Crippen LogP contribution is 2.36. The van der Waals surface area contributed by atoms with Gasteiger partial charge < -0.3 is 4.74 Å². The van der Waals surface area contributed by atoms with Crippen molar-refractivity contribution in [1.82, 2.24) is 0 Å². The van der Waals surface area contributed by atoms with Crippen molar-refractivity contribution in [2.24, 2.45) is 5.41 Å².